The van der Waals surface area contributed by atoms with E-state index < -0.39 is 5.60 Å². The van der Waals surface area contributed by atoms with Gasteiger partial charge in [0.15, 0.2) is 0 Å². The summed E-state index contributed by atoms with van der Waals surface area (Å²) in [5.41, 5.74) is -0.678. The highest BCUT2D eigenvalue weighted by Crippen LogP contribution is 2.26. The maximum absolute atomic E-state index is 12.3. The van der Waals surface area contributed by atoms with E-state index in [9.17, 15) is 15.0 Å². The number of hydrogen-bond acceptors (Lipinski definition) is 3. The summed E-state index contributed by atoms with van der Waals surface area (Å²) in [6, 6.07) is 4.38. The van der Waals surface area contributed by atoms with Gasteiger partial charge in [0.1, 0.15) is 5.75 Å². The SMILES string of the molecule is CC1(O)CCCN(C(=O)c2cc(Cl)ccc2O)C1. The zero-order valence-corrected chi connectivity index (χ0v) is 10.9. The van der Waals surface area contributed by atoms with Crippen molar-refractivity contribution >= 4 is 17.5 Å². The second-order valence-corrected chi connectivity index (χ2v) is 5.43. The average molecular weight is 270 g/mol. The number of rotatable bonds is 1. The second-order valence-electron chi connectivity index (χ2n) is 4.99. The average Bonchev–Trinajstić information content (AvgIpc) is 2.30. The van der Waals surface area contributed by atoms with Crippen LogP contribution in [-0.2, 0) is 0 Å². The molecule has 1 aromatic carbocycles. The quantitative estimate of drug-likeness (QED) is 0.820. The van der Waals surface area contributed by atoms with E-state index in [4.69, 9.17) is 11.6 Å². The van der Waals surface area contributed by atoms with Crippen molar-refractivity contribution in [1.29, 1.82) is 0 Å². The molecule has 2 N–H and O–H groups in total. The molecule has 98 valence electrons. The number of phenolic OH excluding ortho intramolecular Hbond substituents is 1. The van der Waals surface area contributed by atoms with Crippen LogP contribution in [0, 0.1) is 0 Å². The summed E-state index contributed by atoms with van der Waals surface area (Å²) in [4.78, 5) is 13.8. The van der Waals surface area contributed by atoms with E-state index in [1.165, 1.54) is 18.2 Å². The molecule has 0 saturated carbocycles. The van der Waals surface area contributed by atoms with Crippen molar-refractivity contribution in [2.45, 2.75) is 25.4 Å². The van der Waals surface area contributed by atoms with Crippen LogP contribution in [0.1, 0.15) is 30.1 Å². The zero-order chi connectivity index (χ0) is 13.3. The first-order valence-corrected chi connectivity index (χ1v) is 6.27. The molecule has 1 atom stereocenters. The number of aromatic hydroxyl groups is 1. The van der Waals surface area contributed by atoms with Crippen LogP contribution in [0.3, 0.4) is 0 Å². The number of nitrogens with zero attached hydrogens (tertiary/aromatic N) is 1. The first kappa shape index (κ1) is 13.2. The van der Waals surface area contributed by atoms with Crippen LogP contribution in [0.25, 0.3) is 0 Å². The van der Waals surface area contributed by atoms with Crippen LogP contribution in [0.2, 0.25) is 5.02 Å². The molecular weight excluding hydrogens is 254 g/mol. The number of hydrogen-bond donors (Lipinski definition) is 2. The van der Waals surface area contributed by atoms with Crippen LogP contribution >= 0.6 is 11.6 Å². The van der Waals surface area contributed by atoms with Crippen LogP contribution in [0.4, 0.5) is 0 Å². The van der Waals surface area contributed by atoms with Crippen LogP contribution in [0.5, 0.6) is 5.75 Å². The predicted octanol–water partition coefficient (Wildman–Crippen LogP) is 2.03. The summed E-state index contributed by atoms with van der Waals surface area (Å²) in [5.74, 6) is -0.385. The molecule has 1 amide bonds. The number of phenols is 1. The van der Waals surface area contributed by atoms with Gasteiger partial charge in [-0.25, -0.2) is 0 Å². The topological polar surface area (TPSA) is 60.8 Å². The van der Waals surface area contributed by atoms with Crippen molar-refractivity contribution in [2.24, 2.45) is 0 Å². The fraction of sp³-hybridized carbons (Fsp3) is 0.462. The number of piperidine rings is 1. The molecular formula is C13H16ClNO3. The smallest absolute Gasteiger partial charge is 0.257 e. The molecule has 2 rings (SSSR count). The van der Waals surface area contributed by atoms with Gasteiger partial charge in [-0.1, -0.05) is 11.6 Å². The number of carbonyl (C=O) groups excluding carboxylic acids is 1. The number of amides is 1. The molecule has 0 spiro atoms. The second kappa shape index (κ2) is 4.78. The Morgan fingerprint density at radius 2 is 2.22 bits per heavy atom. The molecule has 1 aliphatic rings. The molecule has 0 bridgehead atoms. The van der Waals surface area contributed by atoms with Gasteiger partial charge in [0, 0.05) is 18.1 Å². The molecule has 5 heteroatoms. The maximum Gasteiger partial charge on any atom is 0.257 e. The van der Waals surface area contributed by atoms with E-state index in [1.807, 2.05) is 0 Å². The number of β-amino-alcohol motifs (C(OH)–C–C–N with tert-alkyl or cyclic N) is 1. The molecule has 0 aromatic heterocycles. The molecule has 1 aromatic rings. The van der Waals surface area contributed by atoms with Crippen LogP contribution in [0.15, 0.2) is 18.2 Å². The summed E-state index contributed by atoms with van der Waals surface area (Å²) in [6.07, 6.45) is 1.43. The van der Waals surface area contributed by atoms with E-state index in [0.29, 0.717) is 18.0 Å². The predicted molar refractivity (Wildman–Crippen MR) is 68.9 cm³/mol. The van der Waals surface area contributed by atoms with Crippen molar-refractivity contribution in [3.8, 4) is 5.75 Å². The molecule has 1 saturated heterocycles. The fourth-order valence-corrected chi connectivity index (χ4v) is 2.42. The van der Waals surface area contributed by atoms with Gasteiger partial charge in [-0.3, -0.25) is 4.79 Å². The largest absolute Gasteiger partial charge is 0.507 e. The molecule has 0 aliphatic carbocycles. The highest BCUT2D eigenvalue weighted by atomic mass is 35.5. The van der Waals surface area contributed by atoms with Crippen molar-refractivity contribution in [3.05, 3.63) is 28.8 Å². The molecule has 18 heavy (non-hydrogen) atoms. The third kappa shape index (κ3) is 2.76. The number of carbonyl (C=O) groups is 1. The van der Waals surface area contributed by atoms with Gasteiger partial charge in [-0.15, -0.1) is 0 Å². The van der Waals surface area contributed by atoms with Gasteiger partial charge in [0.2, 0.25) is 0 Å². The summed E-state index contributed by atoms with van der Waals surface area (Å²) in [6.45, 7) is 2.57. The van der Waals surface area contributed by atoms with Gasteiger partial charge >= 0.3 is 0 Å². The van der Waals surface area contributed by atoms with E-state index in [-0.39, 0.29) is 23.8 Å². The first-order chi connectivity index (χ1) is 8.39. The van der Waals surface area contributed by atoms with Crippen molar-refractivity contribution in [1.82, 2.24) is 4.90 Å². The minimum atomic E-state index is -0.859. The standard InChI is InChI=1S/C13H16ClNO3/c1-13(18)5-2-6-15(8-13)12(17)10-7-9(14)3-4-11(10)16/h3-4,7,16,18H,2,5-6,8H2,1H3. The Morgan fingerprint density at radius 3 is 2.89 bits per heavy atom. The molecule has 0 radical (unpaired) electrons. The Kier molecular flexibility index (Phi) is 3.50. The molecule has 1 fully saturated rings. The lowest BCUT2D eigenvalue weighted by Gasteiger charge is -2.36. The van der Waals surface area contributed by atoms with Crippen LogP contribution in [-0.4, -0.2) is 39.7 Å². The Bertz CT molecular complexity index is 473. The number of benzene rings is 1. The molecule has 4 nitrogen and oxygen atoms in total. The third-order valence-electron chi connectivity index (χ3n) is 3.15. The lowest BCUT2D eigenvalue weighted by Crippen LogP contribution is -2.48. The third-order valence-corrected chi connectivity index (χ3v) is 3.39. The number of likely N-dealkylation sites (tertiary alicyclic amines) is 1. The highest BCUT2D eigenvalue weighted by molar-refractivity contribution is 6.31. The zero-order valence-electron chi connectivity index (χ0n) is 10.2. The lowest BCUT2D eigenvalue weighted by molar-refractivity contribution is -0.0108. The van der Waals surface area contributed by atoms with Crippen molar-refractivity contribution in [3.63, 3.8) is 0 Å². The van der Waals surface area contributed by atoms with Gasteiger partial charge < -0.3 is 15.1 Å². The van der Waals surface area contributed by atoms with Crippen LogP contribution < -0.4 is 0 Å². The summed E-state index contributed by atoms with van der Waals surface area (Å²) in [5, 5.41) is 20.1. The summed E-state index contributed by atoms with van der Waals surface area (Å²) in [7, 11) is 0. The Morgan fingerprint density at radius 1 is 1.50 bits per heavy atom. The highest BCUT2D eigenvalue weighted by Gasteiger charge is 2.32. The van der Waals surface area contributed by atoms with Crippen molar-refractivity contribution < 1.29 is 15.0 Å². The minimum absolute atomic E-state index is 0.0883. The van der Waals surface area contributed by atoms with Crippen molar-refractivity contribution in [2.75, 3.05) is 13.1 Å². The molecule has 1 aliphatic heterocycles. The Balaban J connectivity index is 2.23. The summed E-state index contributed by atoms with van der Waals surface area (Å²) < 4.78 is 0. The first-order valence-electron chi connectivity index (χ1n) is 5.89. The minimum Gasteiger partial charge on any atom is -0.507 e. The Hall–Kier alpha value is -1.26. The van der Waals surface area contributed by atoms with Gasteiger partial charge in [0.05, 0.1) is 11.2 Å². The number of aliphatic hydroxyl groups is 1. The van der Waals surface area contributed by atoms with E-state index in [2.05, 4.69) is 0 Å². The van der Waals surface area contributed by atoms with E-state index >= 15 is 0 Å². The van der Waals surface area contributed by atoms with Gasteiger partial charge in [0.25, 0.3) is 5.91 Å². The molecule has 1 unspecified atom stereocenters. The van der Waals surface area contributed by atoms with E-state index in [1.54, 1.807) is 11.8 Å². The Labute approximate surface area is 111 Å². The number of halogens is 1. The van der Waals surface area contributed by atoms with Gasteiger partial charge in [-0.2, -0.15) is 0 Å². The van der Waals surface area contributed by atoms with Gasteiger partial charge in [-0.05, 0) is 38.0 Å². The van der Waals surface area contributed by atoms with E-state index in [0.717, 1.165) is 6.42 Å². The molecule has 1 heterocycles. The monoisotopic (exact) mass is 269 g/mol. The normalized spacial score (nSPS) is 24.1. The fourth-order valence-electron chi connectivity index (χ4n) is 2.24. The lowest BCUT2D eigenvalue weighted by atomic mass is 9.94. The summed E-state index contributed by atoms with van der Waals surface area (Å²) >= 11 is 5.82. The maximum atomic E-state index is 12.3.